The van der Waals surface area contributed by atoms with E-state index in [4.69, 9.17) is 5.11 Å². The van der Waals surface area contributed by atoms with Crippen LogP contribution in [-0.2, 0) is 4.79 Å². The Hall–Kier alpha value is -0.530. The zero-order valence-electron chi connectivity index (χ0n) is 11.2. The molecule has 0 amide bonds. The molecule has 2 nitrogen and oxygen atoms in total. The maximum Gasteiger partial charge on any atom is 0.303 e. The van der Waals surface area contributed by atoms with Gasteiger partial charge in [0.05, 0.1) is 0 Å². The minimum absolute atomic E-state index is 0.335. The van der Waals surface area contributed by atoms with Crippen molar-refractivity contribution in [2.45, 2.75) is 72.1 Å². The van der Waals surface area contributed by atoms with Crippen molar-refractivity contribution in [3.63, 3.8) is 0 Å². The molecule has 96 valence electrons. The zero-order valence-corrected chi connectivity index (χ0v) is 11.2. The van der Waals surface area contributed by atoms with Crippen LogP contribution in [0.3, 0.4) is 0 Å². The lowest BCUT2D eigenvalue weighted by Gasteiger charge is -2.11. The highest BCUT2D eigenvalue weighted by atomic mass is 16.4. The van der Waals surface area contributed by atoms with Crippen LogP contribution < -0.4 is 0 Å². The molecule has 0 rings (SSSR count). The number of aliphatic carboxylic acids is 1. The molecular formula is C14H28O2. The lowest BCUT2D eigenvalue weighted by Crippen LogP contribution is -1.98. The lowest BCUT2D eigenvalue weighted by molar-refractivity contribution is -0.137. The van der Waals surface area contributed by atoms with Crippen molar-refractivity contribution in [3.05, 3.63) is 0 Å². The Kier molecular flexibility index (Phi) is 9.36. The van der Waals surface area contributed by atoms with Crippen molar-refractivity contribution in [1.29, 1.82) is 0 Å². The summed E-state index contributed by atoms with van der Waals surface area (Å²) in [6.07, 6.45) is 8.71. The molecule has 0 aliphatic heterocycles. The molecule has 0 fully saturated rings. The number of hydrogen-bond donors (Lipinski definition) is 1. The van der Waals surface area contributed by atoms with Gasteiger partial charge >= 0.3 is 5.97 Å². The third-order valence-electron chi connectivity index (χ3n) is 3.07. The van der Waals surface area contributed by atoms with Gasteiger partial charge in [0, 0.05) is 6.42 Å². The van der Waals surface area contributed by atoms with Gasteiger partial charge in [0.1, 0.15) is 0 Å². The standard InChI is InChI=1S/C14H28O2/c1-12(2)8-7-10-13(3)9-5-4-6-11-14(15)16/h12-13H,4-11H2,1-3H3,(H,15,16). The number of carboxylic acids is 1. The van der Waals surface area contributed by atoms with Crippen LogP contribution in [0.4, 0.5) is 0 Å². The van der Waals surface area contributed by atoms with Crippen LogP contribution >= 0.6 is 0 Å². The monoisotopic (exact) mass is 228 g/mol. The molecule has 1 N–H and O–H groups in total. The van der Waals surface area contributed by atoms with E-state index in [0.717, 1.165) is 24.7 Å². The molecule has 0 saturated heterocycles. The molecule has 0 saturated carbocycles. The van der Waals surface area contributed by atoms with E-state index >= 15 is 0 Å². The molecule has 1 atom stereocenters. The summed E-state index contributed by atoms with van der Waals surface area (Å²) in [6.45, 7) is 6.87. The average molecular weight is 228 g/mol. The largest absolute Gasteiger partial charge is 0.481 e. The molecule has 0 radical (unpaired) electrons. The molecule has 0 aromatic heterocycles. The number of carboxylic acid groups (broad SMARTS) is 1. The summed E-state index contributed by atoms with van der Waals surface area (Å²) in [5.74, 6) is 0.969. The van der Waals surface area contributed by atoms with E-state index in [2.05, 4.69) is 20.8 Å². The first-order valence-electron chi connectivity index (χ1n) is 6.74. The van der Waals surface area contributed by atoms with Gasteiger partial charge in [-0.15, -0.1) is 0 Å². The van der Waals surface area contributed by atoms with Crippen molar-refractivity contribution in [1.82, 2.24) is 0 Å². The van der Waals surface area contributed by atoms with Crippen molar-refractivity contribution in [3.8, 4) is 0 Å². The molecule has 0 bridgehead atoms. The maximum absolute atomic E-state index is 10.3. The van der Waals surface area contributed by atoms with Crippen molar-refractivity contribution < 1.29 is 9.90 Å². The third-order valence-corrected chi connectivity index (χ3v) is 3.07. The summed E-state index contributed by atoms with van der Waals surface area (Å²) < 4.78 is 0. The topological polar surface area (TPSA) is 37.3 Å². The van der Waals surface area contributed by atoms with Gasteiger partial charge in [-0.05, 0) is 18.3 Å². The Morgan fingerprint density at radius 1 is 0.938 bits per heavy atom. The minimum Gasteiger partial charge on any atom is -0.481 e. The highest BCUT2D eigenvalue weighted by molar-refractivity contribution is 5.66. The van der Waals surface area contributed by atoms with Crippen LogP contribution in [0.5, 0.6) is 0 Å². The van der Waals surface area contributed by atoms with Gasteiger partial charge in [-0.1, -0.05) is 59.3 Å². The van der Waals surface area contributed by atoms with Crippen LogP contribution in [0.2, 0.25) is 0 Å². The van der Waals surface area contributed by atoms with Crippen LogP contribution in [-0.4, -0.2) is 11.1 Å². The average Bonchev–Trinajstić information content (AvgIpc) is 2.16. The number of carbonyl (C=O) groups is 1. The Labute approximate surface area is 100 Å². The zero-order chi connectivity index (χ0) is 12.4. The van der Waals surface area contributed by atoms with E-state index in [1.54, 1.807) is 0 Å². The number of rotatable bonds is 10. The van der Waals surface area contributed by atoms with Crippen molar-refractivity contribution in [2.24, 2.45) is 11.8 Å². The number of unbranched alkanes of at least 4 members (excludes halogenated alkanes) is 2. The molecule has 0 heterocycles. The Morgan fingerprint density at radius 3 is 2.12 bits per heavy atom. The second-order valence-corrected chi connectivity index (χ2v) is 5.42. The molecular weight excluding hydrogens is 200 g/mol. The summed E-state index contributed by atoms with van der Waals surface area (Å²) in [4.78, 5) is 10.3. The Morgan fingerprint density at radius 2 is 1.56 bits per heavy atom. The van der Waals surface area contributed by atoms with Gasteiger partial charge in [-0.25, -0.2) is 0 Å². The summed E-state index contributed by atoms with van der Waals surface area (Å²) in [7, 11) is 0. The van der Waals surface area contributed by atoms with Gasteiger partial charge in [-0.3, -0.25) is 4.79 Å². The Bertz CT molecular complexity index is 176. The van der Waals surface area contributed by atoms with Crippen LogP contribution in [0.25, 0.3) is 0 Å². The summed E-state index contributed by atoms with van der Waals surface area (Å²) in [5.41, 5.74) is 0. The van der Waals surface area contributed by atoms with Crippen LogP contribution in [0.1, 0.15) is 72.1 Å². The SMILES string of the molecule is CC(C)CCCC(C)CCCCCC(=O)O. The first kappa shape index (κ1) is 15.5. The van der Waals surface area contributed by atoms with Crippen LogP contribution in [0, 0.1) is 11.8 Å². The summed E-state index contributed by atoms with van der Waals surface area (Å²) in [5, 5.41) is 8.49. The number of hydrogen-bond acceptors (Lipinski definition) is 1. The summed E-state index contributed by atoms with van der Waals surface area (Å²) >= 11 is 0. The second-order valence-electron chi connectivity index (χ2n) is 5.42. The van der Waals surface area contributed by atoms with Gasteiger partial charge in [0.2, 0.25) is 0 Å². The fourth-order valence-electron chi connectivity index (χ4n) is 1.96. The quantitative estimate of drug-likeness (QED) is 0.560. The molecule has 0 aromatic rings. The molecule has 2 heteroatoms. The van der Waals surface area contributed by atoms with Crippen molar-refractivity contribution >= 4 is 5.97 Å². The second kappa shape index (κ2) is 9.68. The fraction of sp³-hybridized carbons (Fsp3) is 0.929. The molecule has 0 aromatic carbocycles. The predicted molar refractivity (Wildman–Crippen MR) is 68.6 cm³/mol. The van der Waals surface area contributed by atoms with Gasteiger partial charge in [-0.2, -0.15) is 0 Å². The highest BCUT2D eigenvalue weighted by Gasteiger charge is 2.03. The van der Waals surface area contributed by atoms with E-state index < -0.39 is 5.97 Å². The van der Waals surface area contributed by atoms with Crippen molar-refractivity contribution in [2.75, 3.05) is 0 Å². The van der Waals surface area contributed by atoms with Gasteiger partial charge < -0.3 is 5.11 Å². The first-order chi connectivity index (χ1) is 7.52. The maximum atomic E-state index is 10.3. The molecule has 16 heavy (non-hydrogen) atoms. The molecule has 0 aliphatic rings. The van der Waals surface area contributed by atoms with E-state index in [1.807, 2.05) is 0 Å². The smallest absolute Gasteiger partial charge is 0.303 e. The fourth-order valence-corrected chi connectivity index (χ4v) is 1.96. The Balaban J connectivity index is 3.23. The van der Waals surface area contributed by atoms with E-state index in [0.29, 0.717) is 6.42 Å². The predicted octanol–water partition coefficient (Wildman–Crippen LogP) is 4.48. The molecule has 1 unspecified atom stereocenters. The molecule has 0 spiro atoms. The first-order valence-corrected chi connectivity index (χ1v) is 6.74. The third kappa shape index (κ3) is 11.5. The summed E-state index contributed by atoms with van der Waals surface area (Å²) in [6, 6.07) is 0. The van der Waals surface area contributed by atoms with Gasteiger partial charge in [0.15, 0.2) is 0 Å². The van der Waals surface area contributed by atoms with E-state index in [-0.39, 0.29) is 0 Å². The lowest BCUT2D eigenvalue weighted by atomic mass is 9.95. The van der Waals surface area contributed by atoms with Gasteiger partial charge in [0.25, 0.3) is 0 Å². The highest BCUT2D eigenvalue weighted by Crippen LogP contribution is 2.18. The normalized spacial score (nSPS) is 13.0. The minimum atomic E-state index is -0.662. The van der Waals surface area contributed by atoms with Crippen LogP contribution in [0.15, 0.2) is 0 Å². The van der Waals surface area contributed by atoms with E-state index in [9.17, 15) is 4.79 Å². The molecule has 0 aliphatic carbocycles. The van der Waals surface area contributed by atoms with E-state index in [1.165, 1.54) is 32.1 Å².